The molecule has 1 N–H and O–H groups in total. The van der Waals surface area contributed by atoms with Crippen LogP contribution in [0.4, 0.5) is 0 Å². The molecule has 1 aliphatic rings. The van der Waals surface area contributed by atoms with Gasteiger partial charge in [-0.1, -0.05) is 41.7 Å². The number of rotatable bonds is 5. The zero-order valence-electron chi connectivity index (χ0n) is 19.0. The SMILES string of the molecule is CCOC(=O)C1=C(C)N=c2s/c(=C\c3c[nH]c4ccccc34)c(=O)n2C1c1ccc(SC)cc1. The number of allylic oxidation sites excluding steroid dienone is 1. The summed E-state index contributed by atoms with van der Waals surface area (Å²) < 4.78 is 7.54. The van der Waals surface area contributed by atoms with Crippen LogP contribution in [0, 0.1) is 0 Å². The average Bonchev–Trinajstić information content (AvgIpc) is 3.39. The molecule has 1 aliphatic heterocycles. The van der Waals surface area contributed by atoms with E-state index in [9.17, 15) is 9.59 Å². The number of benzene rings is 2. The molecule has 34 heavy (non-hydrogen) atoms. The number of aromatic amines is 1. The highest BCUT2D eigenvalue weighted by molar-refractivity contribution is 7.98. The normalized spacial score (nSPS) is 16.0. The van der Waals surface area contributed by atoms with E-state index in [-0.39, 0.29) is 12.2 Å². The predicted molar refractivity (Wildman–Crippen MR) is 137 cm³/mol. The van der Waals surface area contributed by atoms with Gasteiger partial charge < -0.3 is 9.72 Å². The van der Waals surface area contributed by atoms with Gasteiger partial charge in [0.05, 0.1) is 28.5 Å². The second-order valence-corrected chi connectivity index (χ2v) is 9.75. The number of nitrogens with one attached hydrogen (secondary N) is 1. The lowest BCUT2D eigenvalue weighted by atomic mass is 9.96. The second-order valence-electron chi connectivity index (χ2n) is 7.87. The van der Waals surface area contributed by atoms with E-state index in [1.807, 2.05) is 67.1 Å². The maximum absolute atomic E-state index is 13.7. The molecule has 0 spiro atoms. The van der Waals surface area contributed by atoms with Crippen LogP contribution in [0.3, 0.4) is 0 Å². The molecule has 4 aromatic rings. The van der Waals surface area contributed by atoms with Crippen molar-refractivity contribution < 1.29 is 9.53 Å². The van der Waals surface area contributed by atoms with Crippen molar-refractivity contribution in [2.45, 2.75) is 24.8 Å². The number of thioether (sulfide) groups is 1. The summed E-state index contributed by atoms with van der Waals surface area (Å²) in [6.07, 6.45) is 5.80. The van der Waals surface area contributed by atoms with Gasteiger partial charge in [0.1, 0.15) is 0 Å². The molecule has 5 rings (SSSR count). The van der Waals surface area contributed by atoms with Crippen LogP contribution >= 0.6 is 23.1 Å². The number of nitrogens with zero attached hydrogens (tertiary/aromatic N) is 2. The van der Waals surface area contributed by atoms with Gasteiger partial charge in [-0.25, -0.2) is 9.79 Å². The molecular formula is C26H23N3O3S2. The van der Waals surface area contributed by atoms with Crippen molar-refractivity contribution in [2.24, 2.45) is 4.99 Å². The van der Waals surface area contributed by atoms with Crippen LogP contribution in [0.15, 0.2) is 80.7 Å². The Bertz CT molecular complexity index is 1610. The molecule has 6 nitrogen and oxygen atoms in total. The molecule has 0 saturated carbocycles. The van der Waals surface area contributed by atoms with E-state index in [4.69, 9.17) is 4.74 Å². The minimum absolute atomic E-state index is 0.178. The number of H-pyrrole nitrogens is 1. The monoisotopic (exact) mass is 489 g/mol. The van der Waals surface area contributed by atoms with Gasteiger partial charge in [-0.05, 0) is 49.9 Å². The van der Waals surface area contributed by atoms with E-state index in [1.54, 1.807) is 30.2 Å². The van der Waals surface area contributed by atoms with Crippen molar-refractivity contribution in [3.8, 4) is 0 Å². The fourth-order valence-electron chi connectivity index (χ4n) is 4.25. The molecule has 1 atom stereocenters. The Kier molecular flexibility index (Phi) is 6.02. The summed E-state index contributed by atoms with van der Waals surface area (Å²) in [5.41, 5.74) is 3.57. The Labute approximate surface area is 204 Å². The van der Waals surface area contributed by atoms with Crippen LogP contribution in [0.2, 0.25) is 0 Å². The number of esters is 1. The average molecular weight is 490 g/mol. The number of carbonyl (C=O) groups is 1. The summed E-state index contributed by atoms with van der Waals surface area (Å²) in [7, 11) is 0. The van der Waals surface area contributed by atoms with Crippen LogP contribution in [0.1, 0.15) is 31.0 Å². The zero-order chi connectivity index (χ0) is 23.8. The number of aromatic nitrogens is 2. The highest BCUT2D eigenvalue weighted by atomic mass is 32.2. The van der Waals surface area contributed by atoms with Crippen LogP contribution in [0.5, 0.6) is 0 Å². The standard InChI is InChI=1S/C26H23N3O3S2/c1-4-32-25(31)22-15(2)28-26-29(23(22)16-9-11-18(33-3)12-10-16)24(30)21(34-26)13-17-14-27-20-8-6-5-7-19(17)20/h5-14,23,27H,4H2,1-3H3/b21-13-. The molecule has 2 aromatic carbocycles. The van der Waals surface area contributed by atoms with Crippen molar-refractivity contribution >= 4 is 46.0 Å². The molecule has 0 aliphatic carbocycles. The Morgan fingerprint density at radius 2 is 2.00 bits per heavy atom. The third-order valence-corrected chi connectivity index (χ3v) is 7.58. The van der Waals surface area contributed by atoms with Crippen molar-refractivity contribution in [1.82, 2.24) is 9.55 Å². The van der Waals surface area contributed by atoms with Gasteiger partial charge in [0.2, 0.25) is 0 Å². The summed E-state index contributed by atoms with van der Waals surface area (Å²) in [5.74, 6) is -0.450. The minimum Gasteiger partial charge on any atom is -0.463 e. The van der Waals surface area contributed by atoms with E-state index in [2.05, 4.69) is 9.98 Å². The quantitative estimate of drug-likeness (QED) is 0.340. The highest BCUT2D eigenvalue weighted by Gasteiger charge is 2.33. The highest BCUT2D eigenvalue weighted by Crippen LogP contribution is 2.31. The molecule has 0 radical (unpaired) electrons. The number of para-hydroxylation sites is 1. The van der Waals surface area contributed by atoms with Gasteiger partial charge in [-0.15, -0.1) is 11.8 Å². The third kappa shape index (κ3) is 3.82. The molecule has 2 aromatic heterocycles. The smallest absolute Gasteiger partial charge is 0.338 e. The molecule has 0 amide bonds. The van der Waals surface area contributed by atoms with E-state index in [0.717, 1.165) is 26.9 Å². The molecule has 8 heteroatoms. The molecule has 172 valence electrons. The first-order valence-corrected chi connectivity index (χ1v) is 13.0. The predicted octanol–water partition coefficient (Wildman–Crippen LogP) is 4.00. The zero-order valence-corrected chi connectivity index (χ0v) is 20.6. The van der Waals surface area contributed by atoms with Crippen molar-refractivity contribution in [2.75, 3.05) is 12.9 Å². The molecule has 0 fully saturated rings. The molecule has 0 saturated heterocycles. The maximum atomic E-state index is 13.7. The summed E-state index contributed by atoms with van der Waals surface area (Å²) >= 11 is 2.97. The summed E-state index contributed by atoms with van der Waals surface area (Å²) in [4.78, 5) is 36.3. The Hall–Kier alpha value is -3.36. The number of hydrogen-bond acceptors (Lipinski definition) is 6. The van der Waals surface area contributed by atoms with Gasteiger partial charge in [0, 0.05) is 27.6 Å². The number of thiazole rings is 1. The van der Waals surface area contributed by atoms with Crippen LogP contribution in [-0.4, -0.2) is 28.4 Å². The summed E-state index contributed by atoms with van der Waals surface area (Å²) in [6.45, 7) is 3.82. The molecule has 3 heterocycles. The number of hydrogen-bond donors (Lipinski definition) is 1. The minimum atomic E-state index is -0.601. The first-order valence-electron chi connectivity index (χ1n) is 10.9. The lowest BCUT2D eigenvalue weighted by Gasteiger charge is -2.24. The van der Waals surface area contributed by atoms with Gasteiger partial charge in [0.15, 0.2) is 4.80 Å². The van der Waals surface area contributed by atoms with Gasteiger partial charge in [-0.3, -0.25) is 9.36 Å². The maximum Gasteiger partial charge on any atom is 0.338 e. The topological polar surface area (TPSA) is 76.4 Å². The number of carbonyl (C=O) groups excluding carboxylic acids is 1. The Balaban J connectivity index is 1.73. The van der Waals surface area contributed by atoms with E-state index >= 15 is 0 Å². The lowest BCUT2D eigenvalue weighted by molar-refractivity contribution is -0.139. The van der Waals surface area contributed by atoms with Crippen molar-refractivity contribution in [1.29, 1.82) is 0 Å². The number of fused-ring (bicyclic) bond motifs is 2. The van der Waals surface area contributed by atoms with Gasteiger partial charge in [0.25, 0.3) is 5.56 Å². The first-order chi connectivity index (χ1) is 16.5. The van der Waals surface area contributed by atoms with Crippen LogP contribution < -0.4 is 14.9 Å². The Morgan fingerprint density at radius 1 is 1.24 bits per heavy atom. The molecule has 0 bridgehead atoms. The summed E-state index contributed by atoms with van der Waals surface area (Å²) in [6, 6.07) is 15.3. The second kappa shape index (κ2) is 9.12. The van der Waals surface area contributed by atoms with Gasteiger partial charge in [-0.2, -0.15) is 0 Å². The van der Waals surface area contributed by atoms with Crippen molar-refractivity contribution in [3.05, 3.63) is 96.8 Å². The van der Waals surface area contributed by atoms with E-state index in [0.29, 0.717) is 20.6 Å². The van der Waals surface area contributed by atoms with Gasteiger partial charge >= 0.3 is 5.97 Å². The lowest BCUT2D eigenvalue weighted by Crippen LogP contribution is -2.39. The van der Waals surface area contributed by atoms with Crippen LogP contribution in [0.25, 0.3) is 17.0 Å². The van der Waals surface area contributed by atoms with E-state index < -0.39 is 12.0 Å². The first kappa shape index (κ1) is 22.4. The third-order valence-electron chi connectivity index (χ3n) is 5.86. The van der Waals surface area contributed by atoms with Crippen molar-refractivity contribution in [3.63, 3.8) is 0 Å². The summed E-state index contributed by atoms with van der Waals surface area (Å²) in [5, 5.41) is 1.04. The van der Waals surface area contributed by atoms with E-state index in [1.165, 1.54) is 11.3 Å². The number of ether oxygens (including phenoxy) is 1. The fraction of sp³-hybridized carbons (Fsp3) is 0.192. The Morgan fingerprint density at radius 3 is 2.74 bits per heavy atom. The van der Waals surface area contributed by atoms with Crippen LogP contribution in [-0.2, 0) is 9.53 Å². The largest absolute Gasteiger partial charge is 0.463 e. The molecule has 1 unspecified atom stereocenters. The molecular weight excluding hydrogens is 466 g/mol. The fourth-order valence-corrected chi connectivity index (χ4v) is 5.69.